The van der Waals surface area contributed by atoms with E-state index in [1.165, 1.54) is 19.7 Å². The Hall–Kier alpha value is -1.69. The van der Waals surface area contributed by atoms with Crippen molar-refractivity contribution >= 4 is 11.8 Å². The summed E-state index contributed by atoms with van der Waals surface area (Å²) >= 11 is 0. The van der Waals surface area contributed by atoms with Crippen molar-refractivity contribution in [2.75, 3.05) is 39.1 Å². The molecule has 0 saturated carbocycles. The Labute approximate surface area is 113 Å². The highest BCUT2D eigenvalue weighted by Crippen LogP contribution is 2.17. The Morgan fingerprint density at radius 1 is 1.63 bits per heavy atom. The van der Waals surface area contributed by atoms with Crippen molar-refractivity contribution in [1.29, 1.82) is 0 Å². The number of nitrogens with zero attached hydrogens (tertiary/aromatic N) is 3. The highest BCUT2D eigenvalue weighted by Gasteiger charge is 2.20. The molecule has 1 unspecified atom stereocenters. The van der Waals surface area contributed by atoms with Gasteiger partial charge in [-0.05, 0) is 32.9 Å². The summed E-state index contributed by atoms with van der Waals surface area (Å²) in [5.41, 5.74) is 0.388. The lowest BCUT2D eigenvalue weighted by Gasteiger charge is -2.14. The van der Waals surface area contributed by atoms with Crippen LogP contribution in [0.2, 0.25) is 0 Å². The van der Waals surface area contributed by atoms with E-state index in [2.05, 4.69) is 27.2 Å². The molecule has 1 aliphatic rings. The van der Waals surface area contributed by atoms with Gasteiger partial charge in [-0.15, -0.1) is 0 Å². The van der Waals surface area contributed by atoms with E-state index in [1.54, 1.807) is 6.92 Å². The summed E-state index contributed by atoms with van der Waals surface area (Å²) in [7, 11) is 3.48. The molecule has 1 saturated heterocycles. The summed E-state index contributed by atoms with van der Waals surface area (Å²) in [5, 5.41) is 3.25. The molecule has 1 aromatic heterocycles. The Morgan fingerprint density at radius 3 is 3.05 bits per heavy atom. The fraction of sp³-hybridized carbons (Fsp3) is 0.615. The van der Waals surface area contributed by atoms with Gasteiger partial charge >= 0.3 is 5.97 Å². The van der Waals surface area contributed by atoms with Crippen LogP contribution in [0.25, 0.3) is 0 Å². The van der Waals surface area contributed by atoms with Crippen LogP contribution in [0.15, 0.2) is 6.20 Å². The second kappa shape index (κ2) is 5.97. The van der Waals surface area contributed by atoms with E-state index >= 15 is 0 Å². The molecule has 2 rings (SSSR count). The van der Waals surface area contributed by atoms with Crippen molar-refractivity contribution < 1.29 is 9.53 Å². The lowest BCUT2D eigenvalue weighted by Crippen LogP contribution is -2.21. The Morgan fingerprint density at radius 2 is 2.42 bits per heavy atom. The SMILES string of the molecule is COC(=O)c1cnc(C)nc1NCC1CCN(C)C1. The number of carbonyl (C=O) groups excluding carboxylic acids is 1. The van der Waals surface area contributed by atoms with Crippen molar-refractivity contribution in [3.63, 3.8) is 0 Å². The number of ether oxygens (including phenoxy) is 1. The Bertz CT molecular complexity index is 464. The number of aryl methyl sites for hydroxylation is 1. The van der Waals surface area contributed by atoms with Gasteiger partial charge in [-0.2, -0.15) is 0 Å². The Balaban J connectivity index is 2.05. The quantitative estimate of drug-likeness (QED) is 0.816. The molecule has 1 aliphatic heterocycles. The highest BCUT2D eigenvalue weighted by molar-refractivity contribution is 5.94. The highest BCUT2D eigenvalue weighted by atomic mass is 16.5. The van der Waals surface area contributed by atoms with E-state index in [1.807, 2.05) is 0 Å². The molecule has 6 nitrogen and oxygen atoms in total. The van der Waals surface area contributed by atoms with Gasteiger partial charge in [0.1, 0.15) is 17.2 Å². The maximum atomic E-state index is 11.6. The number of anilines is 1. The summed E-state index contributed by atoms with van der Waals surface area (Å²) in [4.78, 5) is 22.3. The van der Waals surface area contributed by atoms with Crippen molar-refractivity contribution in [2.24, 2.45) is 5.92 Å². The first-order valence-corrected chi connectivity index (χ1v) is 6.44. The van der Waals surface area contributed by atoms with Gasteiger partial charge in [-0.25, -0.2) is 14.8 Å². The molecular formula is C13H20N4O2. The molecule has 0 aromatic carbocycles. The van der Waals surface area contributed by atoms with Crippen LogP contribution in [-0.2, 0) is 4.74 Å². The first kappa shape index (κ1) is 13.7. The molecule has 0 aliphatic carbocycles. The zero-order chi connectivity index (χ0) is 13.8. The van der Waals surface area contributed by atoms with Crippen LogP contribution < -0.4 is 5.32 Å². The van der Waals surface area contributed by atoms with Crippen LogP contribution in [0.1, 0.15) is 22.6 Å². The number of nitrogens with one attached hydrogen (secondary N) is 1. The first-order chi connectivity index (χ1) is 9.10. The van der Waals surface area contributed by atoms with Gasteiger partial charge in [0.15, 0.2) is 0 Å². The van der Waals surface area contributed by atoms with Gasteiger partial charge in [0.2, 0.25) is 0 Å². The topological polar surface area (TPSA) is 67.3 Å². The van der Waals surface area contributed by atoms with Crippen molar-refractivity contribution in [3.8, 4) is 0 Å². The molecule has 1 atom stereocenters. The average Bonchev–Trinajstić information content (AvgIpc) is 2.81. The van der Waals surface area contributed by atoms with Gasteiger partial charge < -0.3 is 15.0 Å². The first-order valence-electron chi connectivity index (χ1n) is 6.44. The van der Waals surface area contributed by atoms with E-state index in [-0.39, 0.29) is 0 Å². The van der Waals surface area contributed by atoms with Crippen molar-refractivity contribution in [2.45, 2.75) is 13.3 Å². The summed E-state index contributed by atoms with van der Waals surface area (Å²) in [6.45, 7) is 4.81. The smallest absolute Gasteiger partial charge is 0.343 e. The second-order valence-corrected chi connectivity index (χ2v) is 4.97. The maximum Gasteiger partial charge on any atom is 0.343 e. The normalized spacial score (nSPS) is 19.4. The largest absolute Gasteiger partial charge is 0.465 e. The van der Waals surface area contributed by atoms with Gasteiger partial charge in [-0.3, -0.25) is 0 Å². The molecular weight excluding hydrogens is 244 g/mol. The van der Waals surface area contributed by atoms with Crippen LogP contribution >= 0.6 is 0 Å². The molecule has 0 radical (unpaired) electrons. The fourth-order valence-corrected chi connectivity index (χ4v) is 2.30. The number of methoxy groups -OCH3 is 1. The van der Waals surface area contributed by atoms with Gasteiger partial charge in [0, 0.05) is 19.3 Å². The molecule has 19 heavy (non-hydrogen) atoms. The summed E-state index contributed by atoms with van der Waals surface area (Å²) in [6.07, 6.45) is 2.68. The van der Waals surface area contributed by atoms with Gasteiger partial charge in [0.25, 0.3) is 0 Å². The minimum Gasteiger partial charge on any atom is -0.465 e. The fourth-order valence-electron chi connectivity index (χ4n) is 2.30. The zero-order valence-corrected chi connectivity index (χ0v) is 11.6. The van der Waals surface area contributed by atoms with Crippen LogP contribution in [-0.4, -0.2) is 54.6 Å². The lowest BCUT2D eigenvalue weighted by molar-refractivity contribution is 0.0601. The molecule has 0 amide bonds. The van der Waals surface area contributed by atoms with E-state index in [0.717, 1.165) is 19.6 Å². The van der Waals surface area contributed by atoms with Crippen LogP contribution in [0.4, 0.5) is 5.82 Å². The molecule has 6 heteroatoms. The molecule has 1 N–H and O–H groups in total. The summed E-state index contributed by atoms with van der Waals surface area (Å²) in [6, 6.07) is 0. The van der Waals surface area contributed by atoms with E-state index in [9.17, 15) is 4.79 Å². The number of carbonyl (C=O) groups is 1. The number of rotatable bonds is 4. The zero-order valence-electron chi connectivity index (χ0n) is 11.6. The number of hydrogen-bond acceptors (Lipinski definition) is 6. The van der Waals surface area contributed by atoms with E-state index < -0.39 is 5.97 Å². The third kappa shape index (κ3) is 3.41. The monoisotopic (exact) mass is 264 g/mol. The Kier molecular flexibility index (Phi) is 4.31. The van der Waals surface area contributed by atoms with Crippen molar-refractivity contribution in [1.82, 2.24) is 14.9 Å². The van der Waals surface area contributed by atoms with Gasteiger partial charge in [-0.1, -0.05) is 0 Å². The van der Waals surface area contributed by atoms with Crippen LogP contribution in [0.3, 0.4) is 0 Å². The molecule has 1 aromatic rings. The summed E-state index contributed by atoms with van der Waals surface area (Å²) < 4.78 is 4.74. The third-order valence-corrected chi connectivity index (χ3v) is 3.36. The predicted octanol–water partition coefficient (Wildman–Crippen LogP) is 0.935. The standard InChI is InChI=1S/C13H20N4O2/c1-9-14-7-11(13(18)19-3)12(16-9)15-6-10-4-5-17(2)8-10/h7,10H,4-6,8H2,1-3H3,(H,14,15,16). The second-order valence-electron chi connectivity index (χ2n) is 4.97. The van der Waals surface area contributed by atoms with Gasteiger partial charge in [0.05, 0.1) is 7.11 Å². The maximum absolute atomic E-state index is 11.6. The molecule has 2 heterocycles. The van der Waals surface area contributed by atoms with Crippen molar-refractivity contribution in [3.05, 3.63) is 17.6 Å². The van der Waals surface area contributed by atoms with Crippen LogP contribution in [0.5, 0.6) is 0 Å². The minimum atomic E-state index is -0.411. The summed E-state index contributed by atoms with van der Waals surface area (Å²) in [5.74, 6) is 1.38. The lowest BCUT2D eigenvalue weighted by atomic mass is 10.1. The molecule has 0 spiro atoms. The molecule has 104 valence electrons. The average molecular weight is 264 g/mol. The number of hydrogen-bond donors (Lipinski definition) is 1. The predicted molar refractivity (Wildman–Crippen MR) is 72.2 cm³/mol. The minimum absolute atomic E-state index is 0.388. The third-order valence-electron chi connectivity index (χ3n) is 3.36. The van der Waals surface area contributed by atoms with E-state index in [0.29, 0.717) is 23.1 Å². The number of esters is 1. The van der Waals surface area contributed by atoms with E-state index in [4.69, 9.17) is 4.74 Å². The number of aromatic nitrogens is 2. The molecule has 0 bridgehead atoms. The molecule has 1 fully saturated rings. The van der Waals surface area contributed by atoms with Crippen LogP contribution in [0, 0.1) is 12.8 Å². The number of likely N-dealkylation sites (tertiary alicyclic amines) is 1.